The molecule has 0 saturated heterocycles. The Bertz CT molecular complexity index is 585. The summed E-state index contributed by atoms with van der Waals surface area (Å²) >= 11 is 5.08. The first-order valence-corrected chi connectivity index (χ1v) is 8.51. The molecule has 1 unspecified atom stereocenters. The van der Waals surface area contributed by atoms with E-state index < -0.39 is 0 Å². The van der Waals surface area contributed by atoms with Crippen LogP contribution in [0.2, 0.25) is 0 Å². The molecule has 5 heteroatoms. The molecule has 0 fully saturated rings. The van der Waals surface area contributed by atoms with E-state index >= 15 is 0 Å². The van der Waals surface area contributed by atoms with Gasteiger partial charge < -0.3 is 10.6 Å². The zero-order valence-electron chi connectivity index (χ0n) is 12.0. The summed E-state index contributed by atoms with van der Waals surface area (Å²) in [5.41, 5.74) is 7.20. The molecule has 0 aliphatic carbocycles. The third kappa shape index (κ3) is 4.95. The van der Waals surface area contributed by atoms with Gasteiger partial charge in [0.05, 0.1) is 6.54 Å². The maximum atomic E-state index is 12.2. The molecule has 2 N–H and O–H groups in total. The first kappa shape index (κ1) is 16.2. The lowest BCUT2D eigenvalue weighted by atomic mass is 10.0. The van der Waals surface area contributed by atoms with E-state index in [0.29, 0.717) is 19.4 Å². The number of nitrogens with zero attached hydrogens (tertiary/aromatic N) is 1. The van der Waals surface area contributed by atoms with Crippen molar-refractivity contribution in [3.05, 3.63) is 56.7 Å². The Hall–Kier alpha value is -1.17. The molecule has 0 radical (unpaired) electrons. The summed E-state index contributed by atoms with van der Waals surface area (Å²) in [6.45, 7) is 0.648. The molecule has 0 spiro atoms. The minimum atomic E-state index is -0.0839. The normalized spacial score (nSPS) is 12.1. The van der Waals surface area contributed by atoms with E-state index in [0.717, 1.165) is 10.0 Å². The van der Waals surface area contributed by atoms with Gasteiger partial charge >= 0.3 is 0 Å². The van der Waals surface area contributed by atoms with Gasteiger partial charge in [0.15, 0.2) is 0 Å². The zero-order valence-corrected chi connectivity index (χ0v) is 14.4. The summed E-state index contributed by atoms with van der Waals surface area (Å²) < 4.78 is 1.06. The second-order valence-corrected chi connectivity index (χ2v) is 6.95. The van der Waals surface area contributed by atoms with Gasteiger partial charge in [-0.1, -0.05) is 30.3 Å². The smallest absolute Gasteiger partial charge is 0.222 e. The summed E-state index contributed by atoms with van der Waals surface area (Å²) in [6, 6.07) is 11.9. The molecule has 0 saturated carbocycles. The van der Waals surface area contributed by atoms with Crippen molar-refractivity contribution in [2.45, 2.75) is 25.4 Å². The molecule has 1 atom stereocenters. The molecule has 21 heavy (non-hydrogen) atoms. The van der Waals surface area contributed by atoms with E-state index in [9.17, 15) is 4.79 Å². The van der Waals surface area contributed by atoms with Crippen LogP contribution in [0.1, 0.15) is 29.3 Å². The van der Waals surface area contributed by atoms with Crippen LogP contribution in [0.3, 0.4) is 0 Å². The SMILES string of the molecule is CN(Cc1cc(Br)cs1)C(=O)CCC(N)c1ccccc1. The van der Waals surface area contributed by atoms with E-state index in [4.69, 9.17) is 5.73 Å². The van der Waals surface area contributed by atoms with Gasteiger partial charge in [-0.15, -0.1) is 11.3 Å². The number of hydrogen-bond donors (Lipinski definition) is 1. The fourth-order valence-corrected chi connectivity index (χ4v) is 3.60. The lowest BCUT2D eigenvalue weighted by Gasteiger charge is -2.18. The lowest BCUT2D eigenvalue weighted by molar-refractivity contribution is -0.130. The van der Waals surface area contributed by atoms with Gasteiger partial charge in [0, 0.05) is 34.2 Å². The predicted octanol–water partition coefficient (Wildman–Crippen LogP) is 3.95. The Labute approximate surface area is 137 Å². The average Bonchev–Trinajstić information content (AvgIpc) is 2.90. The fraction of sp³-hybridized carbons (Fsp3) is 0.312. The fourth-order valence-electron chi connectivity index (χ4n) is 2.10. The predicted molar refractivity (Wildman–Crippen MR) is 91.1 cm³/mol. The van der Waals surface area contributed by atoms with E-state index in [1.807, 2.05) is 48.8 Å². The van der Waals surface area contributed by atoms with Crippen molar-refractivity contribution in [3.63, 3.8) is 0 Å². The molecule has 2 aromatic rings. The van der Waals surface area contributed by atoms with Crippen LogP contribution < -0.4 is 5.73 Å². The molecule has 1 aromatic carbocycles. The molecule has 1 aromatic heterocycles. The molecule has 0 aliphatic heterocycles. The van der Waals surface area contributed by atoms with Crippen LogP contribution >= 0.6 is 27.3 Å². The van der Waals surface area contributed by atoms with Crippen molar-refractivity contribution in [2.24, 2.45) is 5.73 Å². The molecule has 112 valence electrons. The number of rotatable bonds is 6. The van der Waals surface area contributed by atoms with Crippen LogP contribution in [-0.2, 0) is 11.3 Å². The second-order valence-electron chi connectivity index (χ2n) is 5.04. The molecule has 0 bridgehead atoms. The Balaban J connectivity index is 1.81. The lowest BCUT2D eigenvalue weighted by Crippen LogP contribution is -2.26. The molecular weight excluding hydrogens is 348 g/mol. The van der Waals surface area contributed by atoms with E-state index in [-0.39, 0.29) is 11.9 Å². The highest BCUT2D eigenvalue weighted by Crippen LogP contribution is 2.21. The number of benzene rings is 1. The molecule has 3 nitrogen and oxygen atoms in total. The van der Waals surface area contributed by atoms with Gasteiger partial charge in [-0.25, -0.2) is 0 Å². The maximum absolute atomic E-state index is 12.2. The first-order valence-electron chi connectivity index (χ1n) is 6.83. The zero-order chi connectivity index (χ0) is 15.2. The van der Waals surface area contributed by atoms with Crippen molar-refractivity contribution in [3.8, 4) is 0 Å². The van der Waals surface area contributed by atoms with E-state index in [1.54, 1.807) is 16.2 Å². The molecule has 1 heterocycles. The summed E-state index contributed by atoms with van der Waals surface area (Å²) in [7, 11) is 1.84. The summed E-state index contributed by atoms with van der Waals surface area (Å²) in [4.78, 5) is 15.1. The highest BCUT2D eigenvalue weighted by atomic mass is 79.9. The number of thiophene rings is 1. The molecule has 2 rings (SSSR count). The standard InChI is InChI=1S/C16H19BrN2OS/c1-19(10-14-9-13(17)11-21-14)16(20)8-7-15(18)12-5-3-2-4-6-12/h2-6,9,11,15H,7-8,10,18H2,1H3. The van der Waals surface area contributed by atoms with Crippen molar-refractivity contribution in [1.82, 2.24) is 4.90 Å². The Morgan fingerprint density at radius 2 is 2.10 bits per heavy atom. The van der Waals surface area contributed by atoms with Gasteiger partial charge in [-0.05, 0) is 34.0 Å². The average molecular weight is 367 g/mol. The van der Waals surface area contributed by atoms with Crippen molar-refractivity contribution >= 4 is 33.2 Å². The van der Waals surface area contributed by atoms with Crippen molar-refractivity contribution < 1.29 is 4.79 Å². The van der Waals surface area contributed by atoms with Crippen LogP contribution in [0.25, 0.3) is 0 Å². The largest absolute Gasteiger partial charge is 0.341 e. The Morgan fingerprint density at radius 1 is 1.38 bits per heavy atom. The summed E-state index contributed by atoms with van der Waals surface area (Å²) in [6.07, 6.45) is 1.14. The van der Waals surface area contributed by atoms with Gasteiger partial charge in [0.2, 0.25) is 5.91 Å². The van der Waals surface area contributed by atoms with Crippen molar-refractivity contribution in [2.75, 3.05) is 7.05 Å². The van der Waals surface area contributed by atoms with E-state index in [1.165, 1.54) is 4.88 Å². The Morgan fingerprint density at radius 3 is 2.71 bits per heavy atom. The van der Waals surface area contributed by atoms with Crippen LogP contribution in [0, 0.1) is 0 Å². The number of hydrogen-bond acceptors (Lipinski definition) is 3. The van der Waals surface area contributed by atoms with Crippen molar-refractivity contribution in [1.29, 1.82) is 0 Å². The highest BCUT2D eigenvalue weighted by Gasteiger charge is 2.13. The third-order valence-corrected chi connectivity index (χ3v) is 5.02. The minimum absolute atomic E-state index is 0.0839. The van der Waals surface area contributed by atoms with E-state index in [2.05, 4.69) is 15.9 Å². The summed E-state index contributed by atoms with van der Waals surface area (Å²) in [5.74, 6) is 0.130. The number of nitrogens with two attached hydrogens (primary N) is 1. The number of carbonyl (C=O) groups is 1. The second kappa shape index (κ2) is 7.73. The summed E-state index contributed by atoms with van der Waals surface area (Å²) in [5, 5.41) is 2.03. The quantitative estimate of drug-likeness (QED) is 0.840. The number of amides is 1. The highest BCUT2D eigenvalue weighted by molar-refractivity contribution is 9.10. The molecule has 0 aliphatic rings. The third-order valence-electron chi connectivity index (χ3n) is 3.34. The number of carbonyl (C=O) groups excluding carboxylic acids is 1. The molecule has 1 amide bonds. The Kier molecular flexibility index (Phi) is 5.96. The minimum Gasteiger partial charge on any atom is -0.341 e. The van der Waals surface area contributed by atoms with Gasteiger partial charge in [0.25, 0.3) is 0 Å². The van der Waals surface area contributed by atoms with Gasteiger partial charge in [-0.3, -0.25) is 4.79 Å². The van der Waals surface area contributed by atoms with Crippen LogP contribution in [0.15, 0.2) is 46.3 Å². The maximum Gasteiger partial charge on any atom is 0.222 e. The molecular formula is C16H19BrN2OS. The van der Waals surface area contributed by atoms with Crippen LogP contribution in [0.4, 0.5) is 0 Å². The van der Waals surface area contributed by atoms with Gasteiger partial charge in [0.1, 0.15) is 0 Å². The van der Waals surface area contributed by atoms with Gasteiger partial charge in [-0.2, -0.15) is 0 Å². The first-order chi connectivity index (χ1) is 10.1. The van der Waals surface area contributed by atoms with Crippen LogP contribution in [-0.4, -0.2) is 17.9 Å². The topological polar surface area (TPSA) is 46.3 Å². The number of halogens is 1. The van der Waals surface area contributed by atoms with Crippen LogP contribution in [0.5, 0.6) is 0 Å². The monoisotopic (exact) mass is 366 g/mol.